The highest BCUT2D eigenvalue weighted by Crippen LogP contribution is 2.30. The summed E-state index contributed by atoms with van der Waals surface area (Å²) in [5.74, 6) is 1.75. The molecule has 1 heterocycles. The number of nitrogens with zero attached hydrogens (tertiary/aromatic N) is 1. The minimum absolute atomic E-state index is 0.443. The zero-order valence-corrected chi connectivity index (χ0v) is 10.6. The van der Waals surface area contributed by atoms with Gasteiger partial charge in [-0.3, -0.25) is 0 Å². The summed E-state index contributed by atoms with van der Waals surface area (Å²) in [5, 5.41) is 3.54. The fourth-order valence-electron chi connectivity index (χ4n) is 2.57. The highest BCUT2D eigenvalue weighted by atomic mass is 16.4. The van der Waals surface area contributed by atoms with Crippen LogP contribution in [0.5, 0.6) is 0 Å². The summed E-state index contributed by atoms with van der Waals surface area (Å²) in [4.78, 5) is 4.27. The van der Waals surface area contributed by atoms with Crippen LogP contribution in [0.2, 0.25) is 0 Å². The lowest BCUT2D eigenvalue weighted by Gasteiger charge is -2.12. The van der Waals surface area contributed by atoms with Crippen LogP contribution >= 0.6 is 0 Å². The predicted molar refractivity (Wildman–Crippen MR) is 70.2 cm³/mol. The zero-order chi connectivity index (χ0) is 12.4. The highest BCUT2D eigenvalue weighted by Gasteiger charge is 2.21. The van der Waals surface area contributed by atoms with Crippen LogP contribution in [0, 0.1) is 0 Å². The molecule has 3 heteroatoms. The van der Waals surface area contributed by atoms with Crippen molar-refractivity contribution in [3.05, 3.63) is 53.2 Å². The molecule has 1 atom stereocenters. The monoisotopic (exact) mass is 242 g/mol. The summed E-state index contributed by atoms with van der Waals surface area (Å²) < 4.78 is 5.61. The number of oxazole rings is 1. The van der Waals surface area contributed by atoms with Crippen LogP contribution in [-0.4, -0.2) is 4.98 Å². The van der Waals surface area contributed by atoms with E-state index in [9.17, 15) is 0 Å². The number of fused-ring (bicyclic) bond motifs is 1. The Morgan fingerprint density at radius 2 is 2.28 bits per heavy atom. The third-order valence-corrected chi connectivity index (χ3v) is 3.58. The van der Waals surface area contributed by atoms with Gasteiger partial charge in [0.15, 0.2) is 0 Å². The summed E-state index contributed by atoms with van der Waals surface area (Å²) >= 11 is 0. The van der Waals surface area contributed by atoms with Crippen molar-refractivity contribution in [2.45, 2.75) is 38.8 Å². The molecular formula is C15H18N2O. The number of rotatable bonds is 4. The van der Waals surface area contributed by atoms with Crippen LogP contribution in [0.3, 0.4) is 0 Å². The van der Waals surface area contributed by atoms with Crippen molar-refractivity contribution >= 4 is 0 Å². The molecule has 0 radical (unpaired) electrons. The van der Waals surface area contributed by atoms with E-state index in [1.165, 1.54) is 24.0 Å². The van der Waals surface area contributed by atoms with Gasteiger partial charge in [-0.25, -0.2) is 4.98 Å². The van der Waals surface area contributed by atoms with Gasteiger partial charge in [0.2, 0.25) is 5.89 Å². The first-order chi connectivity index (χ1) is 8.86. The molecule has 0 amide bonds. The van der Waals surface area contributed by atoms with Crippen molar-refractivity contribution in [3.63, 3.8) is 0 Å². The molecule has 1 aliphatic rings. The van der Waals surface area contributed by atoms with E-state index in [1.807, 2.05) is 6.20 Å². The molecule has 0 fully saturated rings. The van der Waals surface area contributed by atoms with E-state index >= 15 is 0 Å². The first-order valence-electron chi connectivity index (χ1n) is 6.61. The van der Waals surface area contributed by atoms with Crippen LogP contribution in [0.15, 0.2) is 34.9 Å². The van der Waals surface area contributed by atoms with E-state index in [2.05, 4.69) is 41.5 Å². The number of aromatic nitrogens is 1. The van der Waals surface area contributed by atoms with Crippen LogP contribution < -0.4 is 5.32 Å². The Balaban J connectivity index is 1.65. The van der Waals surface area contributed by atoms with Crippen molar-refractivity contribution in [2.75, 3.05) is 0 Å². The number of benzene rings is 1. The fourth-order valence-corrected chi connectivity index (χ4v) is 2.57. The molecule has 3 nitrogen and oxygen atoms in total. The molecule has 2 aromatic rings. The molecule has 1 aromatic carbocycles. The molecular weight excluding hydrogens is 224 g/mol. The molecule has 3 rings (SSSR count). The molecule has 0 spiro atoms. The van der Waals surface area contributed by atoms with E-state index in [-0.39, 0.29) is 0 Å². The van der Waals surface area contributed by atoms with Crippen LogP contribution in [0.1, 0.15) is 42.2 Å². The maximum atomic E-state index is 5.61. The van der Waals surface area contributed by atoms with E-state index in [4.69, 9.17) is 4.42 Å². The third kappa shape index (κ3) is 2.18. The Bertz CT molecular complexity index is 533. The molecule has 0 aliphatic heterocycles. The Kier molecular flexibility index (Phi) is 3.15. The lowest BCUT2D eigenvalue weighted by atomic mass is 10.1. The van der Waals surface area contributed by atoms with Crippen LogP contribution in [0.25, 0.3) is 0 Å². The predicted octanol–water partition coefficient (Wildman–Crippen LogP) is 3.01. The van der Waals surface area contributed by atoms with Gasteiger partial charge in [0.05, 0.1) is 12.7 Å². The first kappa shape index (κ1) is 11.5. The Morgan fingerprint density at radius 1 is 1.39 bits per heavy atom. The minimum Gasteiger partial charge on any atom is -0.444 e. The molecule has 0 bridgehead atoms. The second-order valence-electron chi connectivity index (χ2n) is 4.74. The number of hydrogen-bond acceptors (Lipinski definition) is 3. The average Bonchev–Trinajstić information content (AvgIpc) is 3.03. The van der Waals surface area contributed by atoms with Gasteiger partial charge in [-0.15, -0.1) is 0 Å². The number of aryl methyl sites for hydroxylation is 2. The summed E-state index contributed by atoms with van der Waals surface area (Å²) in [6.07, 6.45) is 5.05. The topological polar surface area (TPSA) is 38.1 Å². The zero-order valence-electron chi connectivity index (χ0n) is 10.6. The number of hydrogen-bond donors (Lipinski definition) is 1. The molecule has 0 saturated heterocycles. The molecule has 18 heavy (non-hydrogen) atoms. The van der Waals surface area contributed by atoms with Gasteiger partial charge in [-0.2, -0.15) is 0 Å². The molecule has 94 valence electrons. The van der Waals surface area contributed by atoms with Crippen molar-refractivity contribution in [1.82, 2.24) is 10.3 Å². The minimum atomic E-state index is 0.443. The Morgan fingerprint density at radius 3 is 3.11 bits per heavy atom. The summed E-state index contributed by atoms with van der Waals surface area (Å²) in [6.45, 7) is 2.78. The lowest BCUT2D eigenvalue weighted by Crippen LogP contribution is -2.18. The van der Waals surface area contributed by atoms with Gasteiger partial charge >= 0.3 is 0 Å². The maximum absolute atomic E-state index is 5.61. The van der Waals surface area contributed by atoms with E-state index in [0.29, 0.717) is 12.6 Å². The van der Waals surface area contributed by atoms with E-state index in [0.717, 1.165) is 18.1 Å². The van der Waals surface area contributed by atoms with Gasteiger partial charge < -0.3 is 9.73 Å². The quantitative estimate of drug-likeness (QED) is 0.895. The molecule has 0 saturated carbocycles. The molecule has 1 unspecified atom stereocenters. The lowest BCUT2D eigenvalue weighted by molar-refractivity contribution is 0.416. The van der Waals surface area contributed by atoms with Gasteiger partial charge in [0, 0.05) is 12.5 Å². The van der Waals surface area contributed by atoms with Gasteiger partial charge in [-0.1, -0.05) is 31.2 Å². The smallest absolute Gasteiger partial charge is 0.208 e. The SMILES string of the molecule is CCc1cnc(CNC2CCc3ccccc32)o1. The Hall–Kier alpha value is -1.61. The maximum Gasteiger partial charge on any atom is 0.208 e. The van der Waals surface area contributed by atoms with Crippen LogP contribution in [-0.2, 0) is 19.4 Å². The van der Waals surface area contributed by atoms with Gasteiger partial charge in [0.25, 0.3) is 0 Å². The highest BCUT2D eigenvalue weighted by molar-refractivity contribution is 5.34. The summed E-state index contributed by atoms with van der Waals surface area (Å²) in [6, 6.07) is 9.10. The van der Waals surface area contributed by atoms with E-state index in [1.54, 1.807) is 0 Å². The largest absolute Gasteiger partial charge is 0.444 e. The Labute approximate surface area is 107 Å². The number of nitrogens with one attached hydrogen (secondary N) is 1. The van der Waals surface area contributed by atoms with Crippen molar-refractivity contribution in [2.24, 2.45) is 0 Å². The summed E-state index contributed by atoms with van der Waals surface area (Å²) in [7, 11) is 0. The first-order valence-corrected chi connectivity index (χ1v) is 6.61. The van der Waals surface area contributed by atoms with Crippen LogP contribution in [0.4, 0.5) is 0 Å². The second-order valence-corrected chi connectivity index (χ2v) is 4.74. The van der Waals surface area contributed by atoms with E-state index < -0.39 is 0 Å². The van der Waals surface area contributed by atoms with Gasteiger partial charge in [-0.05, 0) is 24.0 Å². The fraction of sp³-hybridized carbons (Fsp3) is 0.400. The van der Waals surface area contributed by atoms with Crippen molar-refractivity contribution in [3.8, 4) is 0 Å². The average molecular weight is 242 g/mol. The standard InChI is InChI=1S/C15H18N2O/c1-2-12-9-17-15(18-12)10-16-14-8-7-11-5-3-4-6-13(11)14/h3-6,9,14,16H,2,7-8,10H2,1H3. The molecule has 1 aromatic heterocycles. The third-order valence-electron chi connectivity index (χ3n) is 3.58. The normalized spacial score (nSPS) is 17.9. The van der Waals surface area contributed by atoms with Crippen molar-refractivity contribution < 1.29 is 4.42 Å². The molecule has 1 aliphatic carbocycles. The van der Waals surface area contributed by atoms with Gasteiger partial charge in [0.1, 0.15) is 5.76 Å². The van der Waals surface area contributed by atoms with Crippen molar-refractivity contribution in [1.29, 1.82) is 0 Å². The molecule has 1 N–H and O–H groups in total. The summed E-state index contributed by atoms with van der Waals surface area (Å²) in [5.41, 5.74) is 2.90. The second kappa shape index (κ2) is 4.94.